The van der Waals surface area contributed by atoms with E-state index < -0.39 is 0 Å². The average molecular weight is 276 g/mol. The fourth-order valence-corrected chi connectivity index (χ4v) is 2.87. The Morgan fingerprint density at radius 3 is 2.86 bits per heavy atom. The molecular formula is C17H16N4. The predicted octanol–water partition coefficient (Wildman–Crippen LogP) is 3.79. The number of fused-ring (bicyclic) bond motifs is 3. The minimum atomic E-state index is 0.637. The third-order valence-electron chi connectivity index (χ3n) is 3.83. The molecule has 0 atom stereocenters. The molecule has 0 aliphatic carbocycles. The van der Waals surface area contributed by atoms with Gasteiger partial charge in [-0.05, 0) is 42.8 Å². The van der Waals surface area contributed by atoms with E-state index in [1.807, 2.05) is 35.6 Å². The molecule has 1 N–H and O–H groups in total. The molecule has 3 rings (SSSR count). The van der Waals surface area contributed by atoms with Crippen molar-refractivity contribution in [1.82, 2.24) is 9.38 Å². The molecule has 0 saturated heterocycles. The maximum Gasteiger partial charge on any atom is 0.157 e. The van der Waals surface area contributed by atoms with Gasteiger partial charge in [-0.2, -0.15) is 5.26 Å². The second-order valence-corrected chi connectivity index (χ2v) is 4.90. The maximum atomic E-state index is 9.54. The fraction of sp³-hybridized carbons (Fsp3) is 0.176. The number of aromatic nitrogens is 2. The van der Waals surface area contributed by atoms with Crippen LogP contribution in [0.1, 0.15) is 23.6 Å². The van der Waals surface area contributed by atoms with Gasteiger partial charge in [-0.3, -0.25) is 4.40 Å². The highest BCUT2D eigenvalue weighted by Gasteiger charge is 2.18. The molecule has 2 aromatic heterocycles. The van der Waals surface area contributed by atoms with E-state index >= 15 is 0 Å². The van der Waals surface area contributed by atoms with Crippen molar-refractivity contribution in [1.29, 1.82) is 5.26 Å². The average Bonchev–Trinajstić information content (AvgIpc) is 2.87. The number of pyridine rings is 1. The van der Waals surface area contributed by atoms with E-state index in [1.165, 1.54) is 0 Å². The lowest BCUT2D eigenvalue weighted by Crippen LogP contribution is -2.06. The van der Waals surface area contributed by atoms with Gasteiger partial charge < -0.3 is 5.32 Å². The van der Waals surface area contributed by atoms with Crippen LogP contribution in [0.3, 0.4) is 0 Å². The molecule has 0 saturated carbocycles. The highest BCUT2D eigenvalue weighted by molar-refractivity contribution is 5.86. The molecule has 0 radical (unpaired) electrons. The molecule has 4 heteroatoms. The molecule has 1 aromatic carbocycles. The number of hydrogen-bond donors (Lipinski definition) is 1. The van der Waals surface area contributed by atoms with Crippen LogP contribution in [0.15, 0.2) is 37.0 Å². The van der Waals surface area contributed by atoms with Crippen molar-refractivity contribution in [3.8, 4) is 6.07 Å². The monoisotopic (exact) mass is 276 g/mol. The number of nitrogens with zero attached hydrogens (tertiary/aromatic N) is 3. The van der Waals surface area contributed by atoms with Gasteiger partial charge in [0.1, 0.15) is 11.9 Å². The zero-order valence-electron chi connectivity index (χ0n) is 12.1. The van der Waals surface area contributed by atoms with Crippen molar-refractivity contribution in [2.24, 2.45) is 0 Å². The van der Waals surface area contributed by atoms with Crippen LogP contribution in [0.25, 0.3) is 16.7 Å². The summed E-state index contributed by atoms with van der Waals surface area (Å²) in [4.78, 5) is 4.63. The highest BCUT2D eigenvalue weighted by atomic mass is 15.1. The summed E-state index contributed by atoms with van der Waals surface area (Å²) >= 11 is 0. The number of hydrogen-bond acceptors (Lipinski definition) is 3. The standard InChI is InChI=1S/C17H16N4/c1-4-12-11(3)13(10-18)17-20-14-8-6-7-9-15(14)21(17)16(12)19-5-2/h5-9,19H,2,4H2,1,3H3. The second-order valence-electron chi connectivity index (χ2n) is 4.90. The van der Waals surface area contributed by atoms with Crippen molar-refractivity contribution in [2.45, 2.75) is 20.3 Å². The Morgan fingerprint density at radius 1 is 1.43 bits per heavy atom. The van der Waals surface area contributed by atoms with Crippen LogP contribution in [0.2, 0.25) is 0 Å². The summed E-state index contributed by atoms with van der Waals surface area (Å²) in [5.74, 6) is 0.938. The van der Waals surface area contributed by atoms with Crippen LogP contribution in [-0.4, -0.2) is 9.38 Å². The highest BCUT2D eigenvalue weighted by Crippen LogP contribution is 2.31. The first-order valence-electron chi connectivity index (χ1n) is 6.93. The van der Waals surface area contributed by atoms with Crippen LogP contribution in [-0.2, 0) is 6.42 Å². The number of anilines is 1. The minimum absolute atomic E-state index is 0.637. The largest absolute Gasteiger partial charge is 0.348 e. The Kier molecular flexibility index (Phi) is 3.11. The third kappa shape index (κ3) is 1.78. The molecule has 0 aliphatic heterocycles. The Labute approximate surface area is 123 Å². The quantitative estimate of drug-likeness (QED) is 0.792. The molecule has 0 unspecified atom stereocenters. The van der Waals surface area contributed by atoms with E-state index in [0.29, 0.717) is 11.2 Å². The molecule has 2 heterocycles. The third-order valence-corrected chi connectivity index (χ3v) is 3.83. The fourth-order valence-electron chi connectivity index (χ4n) is 2.87. The van der Waals surface area contributed by atoms with Gasteiger partial charge in [0.15, 0.2) is 5.65 Å². The summed E-state index contributed by atoms with van der Waals surface area (Å²) in [5.41, 5.74) is 5.29. The number of para-hydroxylation sites is 2. The number of nitrogens with one attached hydrogen (secondary N) is 1. The van der Waals surface area contributed by atoms with Crippen LogP contribution in [0.5, 0.6) is 0 Å². The smallest absolute Gasteiger partial charge is 0.157 e. The molecule has 4 nitrogen and oxygen atoms in total. The van der Waals surface area contributed by atoms with Crippen molar-refractivity contribution in [3.63, 3.8) is 0 Å². The van der Waals surface area contributed by atoms with Crippen molar-refractivity contribution >= 4 is 22.5 Å². The summed E-state index contributed by atoms with van der Waals surface area (Å²) in [6, 6.07) is 10.2. The van der Waals surface area contributed by atoms with Gasteiger partial charge in [0.05, 0.1) is 16.6 Å². The lowest BCUT2D eigenvalue weighted by atomic mass is 10.0. The molecule has 0 bridgehead atoms. The lowest BCUT2D eigenvalue weighted by molar-refractivity contribution is 1.05. The molecule has 0 aliphatic rings. The van der Waals surface area contributed by atoms with Gasteiger partial charge in [0, 0.05) is 0 Å². The van der Waals surface area contributed by atoms with E-state index in [0.717, 1.165) is 34.4 Å². The number of rotatable bonds is 3. The summed E-state index contributed by atoms with van der Waals surface area (Å²) < 4.78 is 2.02. The van der Waals surface area contributed by atoms with Gasteiger partial charge in [-0.15, -0.1) is 0 Å². The van der Waals surface area contributed by atoms with E-state index in [-0.39, 0.29) is 0 Å². The van der Waals surface area contributed by atoms with Crippen LogP contribution in [0.4, 0.5) is 5.82 Å². The molecule has 3 aromatic rings. The van der Waals surface area contributed by atoms with Crippen LogP contribution >= 0.6 is 0 Å². The Morgan fingerprint density at radius 2 is 2.19 bits per heavy atom. The number of nitriles is 1. The molecule has 104 valence electrons. The molecule has 0 fully saturated rings. The van der Waals surface area contributed by atoms with Crippen molar-refractivity contribution in [2.75, 3.05) is 5.32 Å². The van der Waals surface area contributed by atoms with Gasteiger partial charge in [0.25, 0.3) is 0 Å². The normalized spacial score (nSPS) is 10.7. The Hall–Kier alpha value is -2.80. The predicted molar refractivity (Wildman–Crippen MR) is 85.3 cm³/mol. The summed E-state index contributed by atoms with van der Waals surface area (Å²) in [7, 11) is 0. The van der Waals surface area contributed by atoms with Crippen molar-refractivity contribution < 1.29 is 0 Å². The number of benzene rings is 1. The Bertz CT molecular complexity index is 897. The van der Waals surface area contributed by atoms with Crippen LogP contribution < -0.4 is 5.32 Å². The number of imidazole rings is 1. The summed E-state index contributed by atoms with van der Waals surface area (Å²) in [6.07, 6.45) is 2.49. The van der Waals surface area contributed by atoms with Gasteiger partial charge in [-0.1, -0.05) is 25.6 Å². The molecular weight excluding hydrogens is 260 g/mol. The first-order valence-corrected chi connectivity index (χ1v) is 6.93. The molecule has 21 heavy (non-hydrogen) atoms. The first kappa shape index (κ1) is 13.2. The lowest BCUT2D eigenvalue weighted by Gasteiger charge is -2.15. The van der Waals surface area contributed by atoms with E-state index in [4.69, 9.17) is 0 Å². The zero-order chi connectivity index (χ0) is 15.0. The second kappa shape index (κ2) is 4.95. The first-order chi connectivity index (χ1) is 10.2. The SMILES string of the molecule is C=CNc1c(CC)c(C)c(C#N)c2nc3ccccc3n12. The van der Waals surface area contributed by atoms with Gasteiger partial charge in [0.2, 0.25) is 0 Å². The van der Waals surface area contributed by atoms with Gasteiger partial charge in [-0.25, -0.2) is 4.98 Å². The minimum Gasteiger partial charge on any atom is -0.348 e. The summed E-state index contributed by atoms with van der Waals surface area (Å²) in [6.45, 7) is 7.83. The van der Waals surface area contributed by atoms with Crippen LogP contribution in [0, 0.1) is 18.3 Å². The topological polar surface area (TPSA) is 53.1 Å². The van der Waals surface area contributed by atoms with Gasteiger partial charge >= 0.3 is 0 Å². The summed E-state index contributed by atoms with van der Waals surface area (Å²) in [5, 5.41) is 12.8. The maximum absolute atomic E-state index is 9.54. The molecule has 0 spiro atoms. The Balaban J connectivity index is 2.61. The van der Waals surface area contributed by atoms with E-state index in [1.54, 1.807) is 6.20 Å². The molecule has 0 amide bonds. The van der Waals surface area contributed by atoms with E-state index in [2.05, 4.69) is 29.9 Å². The van der Waals surface area contributed by atoms with E-state index in [9.17, 15) is 5.26 Å². The van der Waals surface area contributed by atoms with Crippen molar-refractivity contribution in [3.05, 3.63) is 53.7 Å². The zero-order valence-corrected chi connectivity index (χ0v) is 12.1.